The molecular formula is C28H32N2O4. The van der Waals surface area contributed by atoms with Crippen LogP contribution in [0.4, 0.5) is 0 Å². The zero-order valence-corrected chi connectivity index (χ0v) is 19.9. The van der Waals surface area contributed by atoms with Crippen molar-refractivity contribution in [2.45, 2.75) is 56.2 Å². The summed E-state index contributed by atoms with van der Waals surface area (Å²) < 4.78 is 11.8. The number of aromatic hydroxyl groups is 1. The number of furan rings is 1. The van der Waals surface area contributed by atoms with Crippen molar-refractivity contribution in [1.29, 1.82) is 0 Å². The Balaban J connectivity index is 1.40. The van der Waals surface area contributed by atoms with Crippen LogP contribution in [0.25, 0.3) is 6.08 Å². The molecule has 5 atom stereocenters. The van der Waals surface area contributed by atoms with Crippen LogP contribution in [-0.4, -0.2) is 59.1 Å². The number of carbonyl (C=O) groups is 1. The lowest BCUT2D eigenvalue weighted by molar-refractivity contribution is -0.135. The van der Waals surface area contributed by atoms with Gasteiger partial charge in [0.1, 0.15) is 6.10 Å². The van der Waals surface area contributed by atoms with E-state index in [2.05, 4.69) is 18.4 Å². The monoisotopic (exact) mass is 460 g/mol. The molecule has 6 nitrogen and oxygen atoms in total. The minimum atomic E-state index is -0.166. The summed E-state index contributed by atoms with van der Waals surface area (Å²) in [4.78, 5) is 17.6. The number of hydrogen-bond acceptors (Lipinski definition) is 5. The zero-order chi connectivity index (χ0) is 23.6. The molecule has 2 aliphatic heterocycles. The van der Waals surface area contributed by atoms with E-state index in [4.69, 9.17) is 9.15 Å². The van der Waals surface area contributed by atoms with Crippen molar-refractivity contribution < 1.29 is 19.1 Å². The summed E-state index contributed by atoms with van der Waals surface area (Å²) in [5, 5.41) is 10.9. The predicted molar refractivity (Wildman–Crippen MR) is 130 cm³/mol. The van der Waals surface area contributed by atoms with E-state index in [1.807, 2.05) is 30.2 Å². The Kier molecular flexibility index (Phi) is 4.92. The van der Waals surface area contributed by atoms with E-state index in [0.29, 0.717) is 17.7 Å². The van der Waals surface area contributed by atoms with Gasteiger partial charge in [0.05, 0.1) is 18.6 Å². The van der Waals surface area contributed by atoms with E-state index in [9.17, 15) is 9.90 Å². The second kappa shape index (κ2) is 7.77. The molecule has 2 fully saturated rings. The van der Waals surface area contributed by atoms with E-state index >= 15 is 0 Å². The molecule has 178 valence electrons. The molecule has 6 heteroatoms. The standard InChI is InChI=1S/C28H32N2O4/c1-4-11-30-12-10-28-20-6-7-21(29(3)24(32)8-5-18-9-13-33-16-18)27(28)34-26-23(31)14-17(2)19(25(26)28)15-22(20)30/h4-5,8-9,13-14,16,20-22,27,31H,1,6-7,10-12,15H2,2-3H3/b8-5+/t20-,21+,22+,27-,28-/m0/s1. The number of hydrogen-bond donors (Lipinski definition) is 1. The van der Waals surface area contributed by atoms with Gasteiger partial charge >= 0.3 is 0 Å². The Hall–Kier alpha value is -2.99. The van der Waals surface area contributed by atoms with Gasteiger partial charge in [0.2, 0.25) is 5.91 Å². The first kappa shape index (κ1) is 21.5. The van der Waals surface area contributed by atoms with Crippen LogP contribution >= 0.6 is 0 Å². The third-order valence-electron chi connectivity index (χ3n) is 8.92. The van der Waals surface area contributed by atoms with Gasteiger partial charge in [-0.3, -0.25) is 9.69 Å². The van der Waals surface area contributed by atoms with Crippen LogP contribution in [-0.2, 0) is 16.6 Å². The first-order chi connectivity index (χ1) is 16.5. The van der Waals surface area contributed by atoms with Gasteiger partial charge in [0.25, 0.3) is 0 Å². The summed E-state index contributed by atoms with van der Waals surface area (Å²) in [5.41, 5.74) is 4.40. The number of aryl methyl sites for hydroxylation is 1. The van der Waals surface area contributed by atoms with E-state index in [0.717, 1.165) is 49.9 Å². The summed E-state index contributed by atoms with van der Waals surface area (Å²) in [7, 11) is 1.88. The van der Waals surface area contributed by atoms with Crippen LogP contribution in [0.3, 0.4) is 0 Å². The Morgan fingerprint density at radius 3 is 3.03 bits per heavy atom. The third kappa shape index (κ3) is 2.87. The molecule has 2 bridgehead atoms. The highest BCUT2D eigenvalue weighted by atomic mass is 16.5. The van der Waals surface area contributed by atoms with Gasteiger partial charge in [0.15, 0.2) is 11.5 Å². The first-order valence-electron chi connectivity index (χ1n) is 12.3. The van der Waals surface area contributed by atoms with Crippen molar-refractivity contribution in [2.75, 3.05) is 20.1 Å². The molecule has 0 unspecified atom stereocenters. The number of ether oxygens (including phenoxy) is 1. The first-order valence-corrected chi connectivity index (χ1v) is 12.3. The fourth-order valence-electron chi connectivity index (χ4n) is 7.47. The lowest BCUT2D eigenvalue weighted by Gasteiger charge is -2.60. The quantitative estimate of drug-likeness (QED) is 0.539. The Morgan fingerprint density at radius 2 is 2.26 bits per heavy atom. The molecule has 4 aliphatic rings. The Bertz CT molecular complexity index is 1170. The molecule has 2 aromatic rings. The zero-order valence-electron chi connectivity index (χ0n) is 19.9. The topological polar surface area (TPSA) is 66.2 Å². The van der Waals surface area contributed by atoms with Crippen molar-refractivity contribution in [2.24, 2.45) is 5.92 Å². The maximum absolute atomic E-state index is 13.2. The summed E-state index contributed by atoms with van der Waals surface area (Å²) in [6.45, 7) is 7.97. The predicted octanol–water partition coefficient (Wildman–Crippen LogP) is 4.06. The van der Waals surface area contributed by atoms with Gasteiger partial charge in [-0.05, 0) is 74.4 Å². The SMILES string of the molecule is C=CCN1CC[C@]23c4c5c(C)cc(O)c4O[C@H]2[C@H](N(C)C(=O)/C=C/c2ccoc2)CC[C@H]3[C@H]1C5. The average molecular weight is 461 g/mol. The number of likely N-dealkylation sites (N-methyl/N-ethyl adjacent to an activating group) is 1. The van der Waals surface area contributed by atoms with Crippen molar-refractivity contribution in [3.63, 3.8) is 0 Å². The highest BCUT2D eigenvalue weighted by Gasteiger charge is 2.66. The van der Waals surface area contributed by atoms with Crippen molar-refractivity contribution >= 4 is 12.0 Å². The van der Waals surface area contributed by atoms with Crippen LogP contribution in [0.1, 0.15) is 41.5 Å². The summed E-state index contributed by atoms with van der Waals surface area (Å²) >= 11 is 0. The molecule has 1 saturated heterocycles. The third-order valence-corrected chi connectivity index (χ3v) is 8.92. The van der Waals surface area contributed by atoms with Crippen molar-refractivity contribution in [3.05, 3.63) is 65.6 Å². The van der Waals surface area contributed by atoms with Gasteiger partial charge in [0, 0.05) is 42.3 Å². The summed E-state index contributed by atoms with van der Waals surface area (Å²) in [5.74, 6) is 1.30. The van der Waals surface area contributed by atoms with Crippen LogP contribution in [0.2, 0.25) is 0 Å². The van der Waals surface area contributed by atoms with E-state index in [1.165, 1.54) is 11.1 Å². The van der Waals surface area contributed by atoms with Crippen LogP contribution in [0, 0.1) is 12.8 Å². The van der Waals surface area contributed by atoms with Crippen LogP contribution in [0.5, 0.6) is 11.5 Å². The maximum atomic E-state index is 13.2. The molecular weight excluding hydrogens is 428 g/mol. The number of piperidine rings is 1. The molecule has 1 spiro atoms. The van der Waals surface area contributed by atoms with Gasteiger partial charge < -0.3 is 19.2 Å². The van der Waals surface area contributed by atoms with Gasteiger partial charge in [-0.25, -0.2) is 0 Å². The molecule has 1 saturated carbocycles. The molecule has 3 heterocycles. The second-order valence-corrected chi connectivity index (χ2v) is 10.4. The number of phenols is 1. The number of phenolic OH excluding ortho intramolecular Hbond substituents is 1. The molecule has 1 aromatic carbocycles. The maximum Gasteiger partial charge on any atom is 0.246 e. The molecule has 1 amide bonds. The van der Waals surface area contributed by atoms with E-state index in [1.54, 1.807) is 24.7 Å². The fourth-order valence-corrected chi connectivity index (χ4v) is 7.47. The van der Waals surface area contributed by atoms with Crippen LogP contribution in [0.15, 0.2) is 47.8 Å². The van der Waals surface area contributed by atoms with Gasteiger partial charge in [-0.15, -0.1) is 6.58 Å². The average Bonchev–Trinajstić information content (AvgIpc) is 3.46. The Morgan fingerprint density at radius 1 is 1.41 bits per heavy atom. The van der Waals surface area contributed by atoms with Gasteiger partial charge in [-0.1, -0.05) is 6.08 Å². The van der Waals surface area contributed by atoms with Crippen molar-refractivity contribution in [1.82, 2.24) is 9.80 Å². The van der Waals surface area contributed by atoms with Gasteiger partial charge in [-0.2, -0.15) is 0 Å². The molecule has 2 aliphatic carbocycles. The molecule has 34 heavy (non-hydrogen) atoms. The number of carbonyl (C=O) groups excluding carboxylic acids is 1. The fraction of sp³-hybridized carbons (Fsp3) is 0.464. The van der Waals surface area contributed by atoms with Crippen molar-refractivity contribution in [3.8, 4) is 11.5 Å². The lowest BCUT2D eigenvalue weighted by atomic mass is 9.50. The molecule has 0 radical (unpaired) electrons. The number of nitrogens with zero attached hydrogens (tertiary/aromatic N) is 2. The number of rotatable bonds is 5. The minimum absolute atomic E-state index is 0.0438. The van der Waals surface area contributed by atoms with Crippen LogP contribution < -0.4 is 4.74 Å². The lowest BCUT2D eigenvalue weighted by Crippen LogP contribution is -2.68. The minimum Gasteiger partial charge on any atom is -0.504 e. The molecule has 6 rings (SSSR count). The number of amides is 1. The molecule has 1 N–H and O–H groups in total. The largest absolute Gasteiger partial charge is 0.504 e. The second-order valence-electron chi connectivity index (χ2n) is 10.4. The number of benzene rings is 1. The summed E-state index contributed by atoms with van der Waals surface area (Å²) in [6, 6.07) is 4.06. The Labute approximate surface area is 200 Å². The highest BCUT2D eigenvalue weighted by Crippen LogP contribution is 2.64. The smallest absolute Gasteiger partial charge is 0.246 e. The van der Waals surface area contributed by atoms with E-state index < -0.39 is 0 Å². The van der Waals surface area contributed by atoms with E-state index in [-0.39, 0.29) is 29.2 Å². The number of likely N-dealkylation sites (tertiary alicyclic amines) is 1. The molecule has 1 aromatic heterocycles. The normalized spacial score (nSPS) is 31.2. The summed E-state index contributed by atoms with van der Waals surface area (Å²) in [6.07, 6.45) is 12.4. The highest BCUT2D eigenvalue weighted by molar-refractivity contribution is 5.91.